The molecule has 2 aliphatic rings. The zero-order valence-electron chi connectivity index (χ0n) is 22.2. The highest BCUT2D eigenvalue weighted by molar-refractivity contribution is 7.13. The minimum absolute atomic E-state index is 0.124. The van der Waals surface area contributed by atoms with Crippen LogP contribution in [0.15, 0.2) is 35.5 Å². The molecule has 0 aliphatic carbocycles. The maximum absolute atomic E-state index is 11.0. The summed E-state index contributed by atoms with van der Waals surface area (Å²) >= 11 is 2.98. The normalized spacial score (nSPS) is 18.6. The molecule has 11 nitrogen and oxygen atoms in total. The minimum atomic E-state index is -0.124. The first-order valence-electron chi connectivity index (χ1n) is 13.0. The first-order valence-corrected chi connectivity index (χ1v) is 14.8. The first kappa shape index (κ1) is 26.9. The Kier molecular flexibility index (Phi) is 8.27. The number of amides is 1. The Morgan fingerprint density at radius 3 is 1.74 bits per heavy atom. The molecule has 6 heterocycles. The third-order valence-electron chi connectivity index (χ3n) is 6.72. The number of anilines is 4. The molecule has 0 bridgehead atoms. The molecular formula is C26H32N10OS2. The summed E-state index contributed by atoms with van der Waals surface area (Å²) in [5, 5.41) is 7.98. The number of rotatable bonds is 5. The fourth-order valence-corrected chi connectivity index (χ4v) is 6.10. The minimum Gasteiger partial charge on any atom is -0.383 e. The standard InChI is InChI=1S/C14H17N5OS.C12H15N5S/c1-9-4-3-5-19(9)14-15-6-11(7-16-14)13-18-12(8-21-13)17-10(2)20;1-8-3-2-4-17(8)12-14-5-9(6-15-12)11-16-10(13)7-18-11/h6-9H,3-5H2,1-2H3,(H,17,20);5-8H,2-4,13H2,1H3/t9-;8-/m00/s1. The largest absolute Gasteiger partial charge is 0.383 e. The zero-order chi connectivity index (χ0) is 27.4. The molecule has 1 amide bonds. The van der Waals surface area contributed by atoms with Crippen LogP contribution in [0.25, 0.3) is 21.1 Å². The van der Waals surface area contributed by atoms with Gasteiger partial charge in [0.2, 0.25) is 17.8 Å². The Hall–Kier alpha value is -3.71. The molecule has 4 aromatic rings. The number of carbonyl (C=O) groups excluding carboxylic acids is 1. The Morgan fingerprint density at radius 2 is 1.33 bits per heavy atom. The molecule has 2 saturated heterocycles. The van der Waals surface area contributed by atoms with Gasteiger partial charge in [-0.3, -0.25) is 4.79 Å². The number of nitrogens with one attached hydrogen (secondary N) is 1. The maximum atomic E-state index is 11.0. The van der Waals surface area contributed by atoms with Gasteiger partial charge in [-0.1, -0.05) is 0 Å². The van der Waals surface area contributed by atoms with E-state index in [0.717, 1.165) is 46.1 Å². The molecular weight excluding hydrogens is 532 g/mol. The smallest absolute Gasteiger partial charge is 0.225 e. The molecule has 0 unspecified atom stereocenters. The lowest BCUT2D eigenvalue weighted by atomic mass is 10.2. The lowest BCUT2D eigenvalue weighted by Crippen LogP contribution is -2.28. The van der Waals surface area contributed by atoms with E-state index in [0.29, 0.717) is 23.7 Å². The molecule has 2 fully saturated rings. The van der Waals surface area contributed by atoms with Crippen LogP contribution < -0.4 is 20.9 Å². The van der Waals surface area contributed by atoms with Crippen molar-refractivity contribution in [3.63, 3.8) is 0 Å². The molecule has 204 valence electrons. The summed E-state index contributed by atoms with van der Waals surface area (Å²) in [4.78, 5) is 41.8. The highest BCUT2D eigenvalue weighted by Gasteiger charge is 2.23. The fourth-order valence-electron chi connectivity index (χ4n) is 4.68. The number of hydrogen-bond donors (Lipinski definition) is 2. The number of thiazole rings is 2. The fraction of sp³-hybridized carbons (Fsp3) is 0.423. The van der Waals surface area contributed by atoms with Crippen LogP contribution in [0.3, 0.4) is 0 Å². The van der Waals surface area contributed by atoms with E-state index in [1.807, 2.05) is 23.2 Å². The van der Waals surface area contributed by atoms with Gasteiger partial charge in [0.25, 0.3) is 0 Å². The number of nitrogens with zero attached hydrogens (tertiary/aromatic N) is 8. The predicted molar refractivity (Wildman–Crippen MR) is 157 cm³/mol. The second-order valence-electron chi connectivity index (χ2n) is 9.71. The quantitative estimate of drug-likeness (QED) is 0.350. The highest BCUT2D eigenvalue weighted by atomic mass is 32.1. The Balaban J connectivity index is 0.000000160. The van der Waals surface area contributed by atoms with E-state index in [9.17, 15) is 4.79 Å². The third-order valence-corrected chi connectivity index (χ3v) is 8.52. The molecule has 2 aliphatic heterocycles. The van der Waals surface area contributed by atoms with Crippen LogP contribution in [0.4, 0.5) is 23.5 Å². The molecule has 0 aromatic carbocycles. The van der Waals surface area contributed by atoms with Gasteiger partial charge in [-0.2, -0.15) is 0 Å². The van der Waals surface area contributed by atoms with Crippen molar-refractivity contribution in [1.29, 1.82) is 0 Å². The molecule has 39 heavy (non-hydrogen) atoms. The number of carbonyl (C=O) groups is 1. The van der Waals surface area contributed by atoms with E-state index in [1.54, 1.807) is 12.4 Å². The van der Waals surface area contributed by atoms with E-state index in [2.05, 4.69) is 58.9 Å². The SMILES string of the molecule is CC(=O)Nc1csc(-c2cnc(N3CCC[C@@H]3C)nc2)n1.C[C@H]1CCCN1c1ncc(-c2nc(N)cs2)cn1. The van der Waals surface area contributed by atoms with Crippen molar-refractivity contribution in [3.05, 3.63) is 35.5 Å². The van der Waals surface area contributed by atoms with Crippen molar-refractivity contribution in [2.45, 2.75) is 58.5 Å². The maximum Gasteiger partial charge on any atom is 0.225 e. The van der Waals surface area contributed by atoms with Crippen LogP contribution in [0, 0.1) is 0 Å². The van der Waals surface area contributed by atoms with Crippen LogP contribution in [0.5, 0.6) is 0 Å². The van der Waals surface area contributed by atoms with Crippen LogP contribution in [0.1, 0.15) is 46.5 Å². The summed E-state index contributed by atoms with van der Waals surface area (Å²) in [6, 6.07) is 1.04. The van der Waals surface area contributed by atoms with E-state index in [4.69, 9.17) is 5.73 Å². The Bertz CT molecular complexity index is 1390. The summed E-state index contributed by atoms with van der Waals surface area (Å²) in [6.07, 6.45) is 12.1. The topological polar surface area (TPSA) is 139 Å². The summed E-state index contributed by atoms with van der Waals surface area (Å²) < 4.78 is 0. The van der Waals surface area contributed by atoms with Gasteiger partial charge in [0.1, 0.15) is 21.7 Å². The van der Waals surface area contributed by atoms with Gasteiger partial charge in [0, 0.05) is 78.8 Å². The van der Waals surface area contributed by atoms with E-state index in [1.165, 1.54) is 55.3 Å². The van der Waals surface area contributed by atoms with E-state index < -0.39 is 0 Å². The average Bonchev–Trinajstić information content (AvgIpc) is 3.74. The zero-order valence-corrected chi connectivity index (χ0v) is 23.9. The summed E-state index contributed by atoms with van der Waals surface area (Å²) in [7, 11) is 0. The van der Waals surface area contributed by atoms with Crippen LogP contribution in [0.2, 0.25) is 0 Å². The number of hydrogen-bond acceptors (Lipinski definition) is 12. The molecule has 2 atom stereocenters. The van der Waals surface area contributed by atoms with Crippen LogP contribution >= 0.6 is 22.7 Å². The Morgan fingerprint density at radius 1 is 0.846 bits per heavy atom. The predicted octanol–water partition coefficient (Wildman–Crippen LogP) is 4.72. The van der Waals surface area contributed by atoms with Gasteiger partial charge >= 0.3 is 0 Å². The van der Waals surface area contributed by atoms with Gasteiger partial charge in [-0.05, 0) is 39.5 Å². The average molecular weight is 565 g/mol. The van der Waals surface area contributed by atoms with Crippen molar-refractivity contribution in [1.82, 2.24) is 29.9 Å². The van der Waals surface area contributed by atoms with E-state index in [-0.39, 0.29) is 5.91 Å². The number of nitrogens with two attached hydrogens (primary N) is 1. The lowest BCUT2D eigenvalue weighted by Gasteiger charge is -2.20. The highest BCUT2D eigenvalue weighted by Crippen LogP contribution is 2.28. The van der Waals surface area contributed by atoms with E-state index >= 15 is 0 Å². The van der Waals surface area contributed by atoms with Gasteiger partial charge in [0.15, 0.2) is 0 Å². The van der Waals surface area contributed by atoms with Gasteiger partial charge in [0.05, 0.1) is 0 Å². The third kappa shape index (κ3) is 6.48. The van der Waals surface area contributed by atoms with Crippen molar-refractivity contribution >= 4 is 52.1 Å². The monoisotopic (exact) mass is 564 g/mol. The summed E-state index contributed by atoms with van der Waals surface area (Å²) in [6.45, 7) is 7.94. The molecule has 6 rings (SSSR count). The molecule has 3 N–H and O–H groups in total. The molecule has 0 spiro atoms. The van der Waals surface area contributed by atoms with Crippen LogP contribution in [-0.4, -0.2) is 61.0 Å². The van der Waals surface area contributed by atoms with Gasteiger partial charge in [-0.15, -0.1) is 22.7 Å². The lowest BCUT2D eigenvalue weighted by molar-refractivity contribution is -0.114. The summed E-state index contributed by atoms with van der Waals surface area (Å²) in [5.41, 5.74) is 7.41. The van der Waals surface area contributed by atoms with Crippen molar-refractivity contribution in [2.24, 2.45) is 0 Å². The number of aromatic nitrogens is 6. The first-order chi connectivity index (χ1) is 18.9. The van der Waals surface area contributed by atoms with Crippen LogP contribution in [-0.2, 0) is 4.79 Å². The van der Waals surface area contributed by atoms with Gasteiger partial charge in [-0.25, -0.2) is 29.9 Å². The van der Waals surface area contributed by atoms with Crippen molar-refractivity contribution in [3.8, 4) is 21.1 Å². The molecule has 0 saturated carbocycles. The number of nitrogen functional groups attached to an aromatic ring is 1. The Labute approximate surface area is 235 Å². The second kappa shape index (κ2) is 12.0. The summed E-state index contributed by atoms with van der Waals surface area (Å²) in [5.74, 6) is 2.59. The molecule has 0 radical (unpaired) electrons. The molecule has 4 aromatic heterocycles. The van der Waals surface area contributed by atoms with Gasteiger partial charge < -0.3 is 20.9 Å². The van der Waals surface area contributed by atoms with Crippen molar-refractivity contribution in [2.75, 3.05) is 33.9 Å². The second-order valence-corrected chi connectivity index (χ2v) is 11.4. The van der Waals surface area contributed by atoms with Crippen molar-refractivity contribution < 1.29 is 4.79 Å². The molecule has 13 heteroatoms.